The van der Waals surface area contributed by atoms with Gasteiger partial charge in [-0.05, 0) is 44.7 Å². The minimum absolute atomic E-state index is 0.0796. The monoisotopic (exact) mass is 397 g/mol. The van der Waals surface area contributed by atoms with Crippen molar-refractivity contribution < 1.29 is 14.3 Å². The molecule has 1 saturated carbocycles. The first-order chi connectivity index (χ1) is 14.0. The summed E-state index contributed by atoms with van der Waals surface area (Å²) in [6, 6.07) is 8.44. The van der Waals surface area contributed by atoms with E-state index in [4.69, 9.17) is 4.74 Å². The normalized spacial score (nSPS) is 14.4. The highest BCUT2D eigenvalue weighted by Crippen LogP contribution is 2.26. The first-order valence-corrected chi connectivity index (χ1v) is 10.2. The van der Waals surface area contributed by atoms with Gasteiger partial charge in [-0.15, -0.1) is 0 Å². The van der Waals surface area contributed by atoms with Crippen molar-refractivity contribution >= 4 is 17.6 Å². The molecule has 1 heterocycles. The lowest BCUT2D eigenvalue weighted by Crippen LogP contribution is -2.27. The Hall–Kier alpha value is -2.96. The van der Waals surface area contributed by atoms with Gasteiger partial charge in [-0.25, -0.2) is 4.79 Å². The Labute approximate surface area is 170 Å². The van der Waals surface area contributed by atoms with Gasteiger partial charge >= 0.3 is 5.97 Å². The van der Waals surface area contributed by atoms with E-state index < -0.39 is 11.5 Å². The third-order valence-corrected chi connectivity index (χ3v) is 5.15. The van der Waals surface area contributed by atoms with E-state index in [0.29, 0.717) is 18.0 Å². The van der Waals surface area contributed by atoms with Crippen LogP contribution < -0.4 is 10.9 Å². The van der Waals surface area contributed by atoms with Crippen LogP contribution >= 0.6 is 0 Å². The number of esters is 1. The van der Waals surface area contributed by atoms with Gasteiger partial charge in [0.2, 0.25) is 5.91 Å². The maximum Gasteiger partial charge on any atom is 0.360 e. The molecule has 3 rings (SSSR count). The van der Waals surface area contributed by atoms with E-state index in [9.17, 15) is 14.4 Å². The number of benzene rings is 1. The SMILES string of the molecule is CCOC(=O)c1nn(-c2ccc(C)cc2)c(=O)cc1NC(=O)CC1CCCCC1. The molecule has 0 radical (unpaired) electrons. The molecule has 1 aliphatic carbocycles. The van der Waals surface area contributed by atoms with Crippen LogP contribution in [0.5, 0.6) is 0 Å². The summed E-state index contributed by atoms with van der Waals surface area (Å²) < 4.78 is 6.22. The number of hydrogen-bond acceptors (Lipinski definition) is 5. The van der Waals surface area contributed by atoms with Gasteiger partial charge in [0.15, 0.2) is 5.69 Å². The second kappa shape index (κ2) is 9.49. The van der Waals surface area contributed by atoms with Crippen LogP contribution in [0.25, 0.3) is 5.69 Å². The zero-order valence-electron chi connectivity index (χ0n) is 16.9. The van der Waals surface area contributed by atoms with Crippen LogP contribution in [-0.4, -0.2) is 28.3 Å². The molecule has 0 unspecified atom stereocenters. The summed E-state index contributed by atoms with van der Waals surface area (Å²) >= 11 is 0. The molecule has 0 spiro atoms. The van der Waals surface area contributed by atoms with E-state index in [1.54, 1.807) is 19.1 Å². The minimum Gasteiger partial charge on any atom is -0.461 e. The lowest BCUT2D eigenvalue weighted by atomic mass is 9.87. The molecular formula is C22H27N3O4. The van der Waals surface area contributed by atoms with Crippen molar-refractivity contribution in [3.8, 4) is 5.69 Å². The lowest BCUT2D eigenvalue weighted by molar-refractivity contribution is -0.117. The van der Waals surface area contributed by atoms with Gasteiger partial charge in [0, 0.05) is 12.5 Å². The lowest BCUT2D eigenvalue weighted by Gasteiger charge is -2.21. The summed E-state index contributed by atoms with van der Waals surface area (Å²) in [5.74, 6) is -0.547. The third kappa shape index (κ3) is 5.31. The first-order valence-electron chi connectivity index (χ1n) is 10.2. The number of amides is 1. The summed E-state index contributed by atoms with van der Waals surface area (Å²) in [4.78, 5) is 37.6. The number of hydrogen-bond donors (Lipinski definition) is 1. The van der Waals surface area contributed by atoms with Gasteiger partial charge in [0.1, 0.15) is 0 Å². The first kappa shape index (κ1) is 20.8. The minimum atomic E-state index is -0.679. The van der Waals surface area contributed by atoms with Gasteiger partial charge in [0.05, 0.1) is 18.0 Å². The predicted molar refractivity (Wildman–Crippen MR) is 110 cm³/mol. The molecule has 1 fully saturated rings. The van der Waals surface area contributed by atoms with Crippen LogP contribution in [0.2, 0.25) is 0 Å². The Morgan fingerprint density at radius 3 is 2.52 bits per heavy atom. The van der Waals surface area contributed by atoms with E-state index in [2.05, 4.69) is 10.4 Å². The van der Waals surface area contributed by atoms with Crippen molar-refractivity contribution in [1.29, 1.82) is 0 Å². The topological polar surface area (TPSA) is 90.3 Å². The summed E-state index contributed by atoms with van der Waals surface area (Å²) in [5.41, 5.74) is 1.15. The smallest absolute Gasteiger partial charge is 0.360 e. The number of nitrogens with zero attached hydrogens (tertiary/aromatic N) is 2. The molecule has 2 aromatic rings. The zero-order valence-corrected chi connectivity index (χ0v) is 16.9. The molecule has 0 saturated heterocycles. The summed E-state index contributed by atoms with van der Waals surface area (Å²) in [7, 11) is 0. The standard InChI is InChI=1S/C22H27N3O4/c1-3-29-22(28)21-18(23-19(26)13-16-7-5-4-6-8-16)14-20(27)25(24-21)17-11-9-15(2)10-12-17/h9-12,14,16H,3-8,13H2,1-2H3,(H,23,26). The molecular weight excluding hydrogens is 370 g/mol. The van der Waals surface area contributed by atoms with Crippen molar-refractivity contribution in [3.63, 3.8) is 0 Å². The maximum absolute atomic E-state index is 12.6. The number of rotatable bonds is 6. The van der Waals surface area contributed by atoms with Crippen LogP contribution in [0.3, 0.4) is 0 Å². The van der Waals surface area contributed by atoms with E-state index >= 15 is 0 Å². The van der Waals surface area contributed by atoms with Gasteiger partial charge in [-0.1, -0.05) is 37.0 Å². The summed E-state index contributed by atoms with van der Waals surface area (Å²) in [6.07, 6.45) is 5.94. The maximum atomic E-state index is 12.6. The molecule has 1 aromatic carbocycles. The highest BCUT2D eigenvalue weighted by Gasteiger charge is 2.22. The number of aromatic nitrogens is 2. The Balaban J connectivity index is 1.89. The molecule has 7 heteroatoms. The quantitative estimate of drug-likeness (QED) is 0.752. The van der Waals surface area contributed by atoms with Crippen molar-refractivity contribution in [1.82, 2.24) is 9.78 Å². The largest absolute Gasteiger partial charge is 0.461 e. The summed E-state index contributed by atoms with van der Waals surface area (Å²) in [5, 5.41) is 6.92. The number of ether oxygens (including phenoxy) is 1. The molecule has 0 bridgehead atoms. The number of nitrogens with one attached hydrogen (secondary N) is 1. The molecule has 0 aliphatic heterocycles. The number of anilines is 1. The molecule has 29 heavy (non-hydrogen) atoms. The average Bonchev–Trinajstić information content (AvgIpc) is 2.70. The molecule has 1 aliphatic rings. The summed E-state index contributed by atoms with van der Waals surface area (Å²) in [6.45, 7) is 3.80. The third-order valence-electron chi connectivity index (χ3n) is 5.15. The average molecular weight is 397 g/mol. The highest BCUT2D eigenvalue weighted by atomic mass is 16.5. The van der Waals surface area contributed by atoms with Gasteiger partial charge in [-0.3, -0.25) is 9.59 Å². The molecule has 7 nitrogen and oxygen atoms in total. The molecule has 1 aromatic heterocycles. The predicted octanol–water partition coefficient (Wildman–Crippen LogP) is 3.63. The van der Waals surface area contributed by atoms with Crippen LogP contribution in [0.4, 0.5) is 5.69 Å². The number of aryl methyl sites for hydroxylation is 1. The second-order valence-corrected chi connectivity index (χ2v) is 7.47. The van der Waals surface area contributed by atoms with Crippen molar-refractivity contribution in [2.24, 2.45) is 5.92 Å². The van der Waals surface area contributed by atoms with Crippen molar-refractivity contribution in [2.75, 3.05) is 11.9 Å². The number of carbonyl (C=O) groups excluding carboxylic acids is 2. The van der Waals surface area contributed by atoms with E-state index in [1.165, 1.54) is 12.5 Å². The Morgan fingerprint density at radius 1 is 1.17 bits per heavy atom. The highest BCUT2D eigenvalue weighted by molar-refractivity contribution is 5.99. The van der Waals surface area contributed by atoms with Crippen LogP contribution in [0.15, 0.2) is 35.1 Å². The fourth-order valence-electron chi connectivity index (χ4n) is 3.63. The Bertz CT molecular complexity index is 928. The Kier molecular flexibility index (Phi) is 6.80. The Morgan fingerprint density at radius 2 is 1.86 bits per heavy atom. The van der Waals surface area contributed by atoms with E-state index in [-0.39, 0.29) is 23.9 Å². The molecule has 1 N–H and O–H groups in total. The fraction of sp³-hybridized carbons (Fsp3) is 0.455. The van der Waals surface area contributed by atoms with Crippen LogP contribution in [0.1, 0.15) is 61.5 Å². The van der Waals surface area contributed by atoms with Gasteiger partial charge in [0.25, 0.3) is 5.56 Å². The van der Waals surface area contributed by atoms with E-state index in [1.807, 2.05) is 19.1 Å². The van der Waals surface area contributed by atoms with Crippen molar-refractivity contribution in [3.05, 3.63) is 51.9 Å². The van der Waals surface area contributed by atoms with Crippen LogP contribution in [0, 0.1) is 12.8 Å². The fourth-order valence-corrected chi connectivity index (χ4v) is 3.63. The molecule has 154 valence electrons. The van der Waals surface area contributed by atoms with Crippen molar-refractivity contribution in [2.45, 2.75) is 52.4 Å². The van der Waals surface area contributed by atoms with Crippen LogP contribution in [-0.2, 0) is 9.53 Å². The number of carbonyl (C=O) groups is 2. The second-order valence-electron chi connectivity index (χ2n) is 7.47. The molecule has 1 amide bonds. The van der Waals surface area contributed by atoms with E-state index in [0.717, 1.165) is 35.9 Å². The molecule has 0 atom stereocenters. The van der Waals surface area contributed by atoms with Gasteiger partial charge in [-0.2, -0.15) is 9.78 Å². The zero-order chi connectivity index (χ0) is 20.8. The van der Waals surface area contributed by atoms with Gasteiger partial charge < -0.3 is 10.1 Å².